The number of ether oxygens (including phenoxy) is 1. The quantitative estimate of drug-likeness (QED) is 0.594. The Labute approximate surface area is 195 Å². The largest absolute Gasteiger partial charge is 0.432 e. The number of anilines is 1. The van der Waals surface area contributed by atoms with Crippen LogP contribution in [0.1, 0.15) is 30.1 Å². The first kappa shape index (κ1) is 24.8. The van der Waals surface area contributed by atoms with E-state index in [0.29, 0.717) is 51.5 Å². The molecule has 1 amide bonds. The van der Waals surface area contributed by atoms with Gasteiger partial charge in [-0.15, -0.1) is 0 Å². The number of carbonyl (C=O) groups excluding carboxylic acids is 1. The normalized spacial score (nSPS) is 19.4. The molecule has 35 heavy (non-hydrogen) atoms. The van der Waals surface area contributed by atoms with Gasteiger partial charge in [-0.05, 0) is 25.5 Å². The number of rotatable bonds is 6. The van der Waals surface area contributed by atoms with Crippen molar-refractivity contribution in [2.75, 3.05) is 44.2 Å². The number of carbonyl (C=O) groups is 1. The molecule has 1 atom stereocenters. The van der Waals surface area contributed by atoms with E-state index < -0.39 is 30.0 Å². The fourth-order valence-electron chi connectivity index (χ4n) is 4.22. The molecule has 0 saturated carbocycles. The second-order valence-corrected chi connectivity index (χ2v) is 8.13. The van der Waals surface area contributed by atoms with Gasteiger partial charge in [-0.1, -0.05) is 0 Å². The Balaban J connectivity index is 1.34. The molecule has 0 bridgehead atoms. The monoisotopic (exact) mass is 503 g/mol. The number of aromatic amines is 1. The number of aromatic nitrogens is 4. The van der Waals surface area contributed by atoms with Gasteiger partial charge in [0.05, 0.1) is 30.7 Å². The first-order chi connectivity index (χ1) is 16.6. The lowest BCUT2D eigenvalue weighted by Crippen LogP contribution is -2.51. The molecule has 2 fully saturated rings. The summed E-state index contributed by atoms with van der Waals surface area (Å²) in [5, 5.41) is 5.71. The number of alkyl halides is 5. The van der Waals surface area contributed by atoms with Crippen LogP contribution in [-0.2, 0) is 11.0 Å². The van der Waals surface area contributed by atoms with Gasteiger partial charge in [0.25, 0.3) is 5.56 Å². The zero-order valence-corrected chi connectivity index (χ0v) is 18.3. The van der Waals surface area contributed by atoms with E-state index in [9.17, 15) is 31.5 Å². The Morgan fingerprint density at radius 2 is 1.83 bits per heavy atom. The number of likely N-dealkylation sites (tertiary alicyclic amines) is 1. The van der Waals surface area contributed by atoms with Crippen molar-refractivity contribution in [1.82, 2.24) is 30.0 Å². The van der Waals surface area contributed by atoms with Crippen molar-refractivity contribution in [1.29, 1.82) is 0 Å². The number of nitrogens with one attached hydrogen (secondary N) is 1. The van der Waals surface area contributed by atoms with E-state index in [4.69, 9.17) is 0 Å². The van der Waals surface area contributed by atoms with E-state index in [0.717, 1.165) is 18.5 Å². The molecule has 1 N–H and O–H groups in total. The highest BCUT2D eigenvalue weighted by molar-refractivity contribution is 5.78. The van der Waals surface area contributed by atoms with Gasteiger partial charge in [-0.2, -0.15) is 27.1 Å². The topological polar surface area (TPSA) is 108 Å². The average molecular weight is 503 g/mol. The van der Waals surface area contributed by atoms with Crippen LogP contribution >= 0.6 is 0 Å². The summed E-state index contributed by atoms with van der Waals surface area (Å²) < 4.78 is 68.1. The molecule has 2 aromatic heterocycles. The van der Waals surface area contributed by atoms with Crippen molar-refractivity contribution in [3.05, 3.63) is 40.1 Å². The van der Waals surface area contributed by atoms with Crippen LogP contribution in [0, 0.1) is 0 Å². The van der Waals surface area contributed by atoms with Gasteiger partial charge in [0.1, 0.15) is 5.56 Å². The second kappa shape index (κ2) is 10.1. The SMILES string of the molecule is O=C(CN1CCCC1c1cc(C(F)(F)F)c(=O)[nH]n1)N1CCN(c2ncc(OC(F)F)cn2)CC1. The summed E-state index contributed by atoms with van der Waals surface area (Å²) in [5.41, 5.74) is -2.55. The van der Waals surface area contributed by atoms with E-state index in [1.54, 1.807) is 14.7 Å². The first-order valence-corrected chi connectivity index (χ1v) is 10.8. The van der Waals surface area contributed by atoms with Crippen LogP contribution in [0.2, 0.25) is 0 Å². The molecule has 15 heteroatoms. The van der Waals surface area contributed by atoms with Crippen molar-refractivity contribution < 1.29 is 31.5 Å². The third-order valence-electron chi connectivity index (χ3n) is 5.93. The number of halogens is 5. The van der Waals surface area contributed by atoms with Crippen molar-refractivity contribution in [2.24, 2.45) is 0 Å². The van der Waals surface area contributed by atoms with Crippen LogP contribution in [0.15, 0.2) is 23.3 Å². The van der Waals surface area contributed by atoms with E-state index in [2.05, 4.69) is 19.8 Å². The summed E-state index contributed by atoms with van der Waals surface area (Å²) in [6.07, 6.45) is -1.32. The fourth-order valence-corrected chi connectivity index (χ4v) is 4.22. The highest BCUT2D eigenvalue weighted by Gasteiger charge is 2.37. The van der Waals surface area contributed by atoms with Gasteiger partial charge in [0.15, 0.2) is 5.75 Å². The van der Waals surface area contributed by atoms with Gasteiger partial charge < -0.3 is 14.5 Å². The number of piperazine rings is 1. The summed E-state index contributed by atoms with van der Waals surface area (Å²) in [6.45, 7) is -0.888. The summed E-state index contributed by atoms with van der Waals surface area (Å²) >= 11 is 0. The van der Waals surface area contributed by atoms with Crippen molar-refractivity contribution >= 4 is 11.9 Å². The van der Waals surface area contributed by atoms with E-state index in [1.807, 2.05) is 5.10 Å². The van der Waals surface area contributed by atoms with Gasteiger partial charge in [0.2, 0.25) is 11.9 Å². The third kappa shape index (κ3) is 5.83. The van der Waals surface area contributed by atoms with Crippen molar-refractivity contribution in [2.45, 2.75) is 31.7 Å². The predicted molar refractivity (Wildman–Crippen MR) is 111 cm³/mol. The Kier molecular flexibility index (Phi) is 7.14. The van der Waals surface area contributed by atoms with Gasteiger partial charge in [0, 0.05) is 26.2 Å². The van der Waals surface area contributed by atoms with Crippen LogP contribution in [-0.4, -0.2) is 81.8 Å². The second-order valence-electron chi connectivity index (χ2n) is 8.13. The van der Waals surface area contributed by atoms with Crippen molar-refractivity contribution in [3.8, 4) is 5.75 Å². The maximum Gasteiger partial charge on any atom is 0.421 e. The molecule has 2 aromatic rings. The molecule has 0 radical (unpaired) electrons. The van der Waals surface area contributed by atoms with Gasteiger partial charge >= 0.3 is 12.8 Å². The minimum absolute atomic E-state index is 0.00296. The molecule has 2 aliphatic rings. The lowest BCUT2D eigenvalue weighted by atomic mass is 10.1. The molecule has 4 rings (SSSR count). The Morgan fingerprint density at radius 1 is 1.14 bits per heavy atom. The maximum absolute atomic E-state index is 13.1. The Hall–Kier alpha value is -3.36. The number of nitrogens with zero attached hydrogens (tertiary/aromatic N) is 6. The molecule has 0 aromatic carbocycles. The lowest BCUT2D eigenvalue weighted by Gasteiger charge is -2.36. The van der Waals surface area contributed by atoms with E-state index in [1.165, 1.54) is 0 Å². The molecule has 10 nitrogen and oxygen atoms in total. The summed E-state index contributed by atoms with van der Waals surface area (Å²) in [4.78, 5) is 37.7. The predicted octanol–water partition coefficient (Wildman–Crippen LogP) is 1.67. The number of hydrogen-bond donors (Lipinski definition) is 1. The molecule has 190 valence electrons. The van der Waals surface area contributed by atoms with Crippen LogP contribution < -0.4 is 15.2 Å². The Morgan fingerprint density at radius 3 is 2.46 bits per heavy atom. The molecular formula is C20H22F5N7O3. The fraction of sp³-hybridized carbons (Fsp3) is 0.550. The molecule has 0 spiro atoms. The molecule has 2 aliphatic heterocycles. The van der Waals surface area contributed by atoms with Gasteiger partial charge in [-0.25, -0.2) is 15.1 Å². The maximum atomic E-state index is 13.1. The van der Waals surface area contributed by atoms with Crippen molar-refractivity contribution in [3.63, 3.8) is 0 Å². The number of amides is 1. The molecule has 2 saturated heterocycles. The van der Waals surface area contributed by atoms with E-state index in [-0.39, 0.29) is 23.9 Å². The molecule has 1 unspecified atom stereocenters. The Bertz CT molecular complexity index is 1090. The summed E-state index contributed by atoms with van der Waals surface area (Å²) in [7, 11) is 0. The highest BCUT2D eigenvalue weighted by Crippen LogP contribution is 2.33. The minimum atomic E-state index is -4.80. The zero-order valence-electron chi connectivity index (χ0n) is 18.3. The summed E-state index contributed by atoms with van der Waals surface area (Å²) in [6, 6.07) is 0.239. The van der Waals surface area contributed by atoms with Crippen LogP contribution in [0.3, 0.4) is 0 Å². The smallest absolute Gasteiger partial charge is 0.421 e. The average Bonchev–Trinajstić information content (AvgIpc) is 3.27. The standard InChI is InChI=1S/C20H22F5N7O3/c21-18(22)35-12-9-26-19(27-10-12)31-6-4-30(5-7-31)16(33)11-32-3-1-2-15(32)14-8-13(20(23,24)25)17(34)29-28-14/h8-10,15,18H,1-7,11H2,(H,29,34). The molecule has 4 heterocycles. The zero-order chi connectivity index (χ0) is 25.2. The summed E-state index contributed by atoms with van der Waals surface area (Å²) in [5.74, 6) is -0.0152. The van der Waals surface area contributed by atoms with E-state index >= 15 is 0 Å². The number of hydrogen-bond acceptors (Lipinski definition) is 8. The first-order valence-electron chi connectivity index (χ1n) is 10.8. The van der Waals surface area contributed by atoms with Crippen LogP contribution in [0.4, 0.5) is 27.9 Å². The third-order valence-corrected chi connectivity index (χ3v) is 5.93. The van der Waals surface area contributed by atoms with Gasteiger partial charge in [-0.3, -0.25) is 14.5 Å². The minimum Gasteiger partial charge on any atom is -0.432 e. The van der Waals surface area contributed by atoms with Crippen LogP contribution in [0.5, 0.6) is 5.75 Å². The number of H-pyrrole nitrogens is 1. The lowest BCUT2D eigenvalue weighted by molar-refractivity contribution is -0.139. The molecular weight excluding hydrogens is 481 g/mol. The highest BCUT2D eigenvalue weighted by atomic mass is 19.4. The molecule has 0 aliphatic carbocycles. The van der Waals surface area contributed by atoms with Crippen LogP contribution in [0.25, 0.3) is 0 Å².